The van der Waals surface area contributed by atoms with Crippen molar-refractivity contribution in [3.05, 3.63) is 46.8 Å². The zero-order chi connectivity index (χ0) is 20.9. The maximum atomic E-state index is 13.7. The number of aromatic nitrogens is 1. The molecule has 29 heavy (non-hydrogen) atoms. The molecule has 2 aliphatic heterocycles. The molecular formula is C23H30N4O2. The van der Waals surface area contributed by atoms with Crippen molar-refractivity contribution < 1.29 is 9.59 Å². The third-order valence-corrected chi connectivity index (χ3v) is 6.66. The number of hydrogen-bond acceptors (Lipinski definition) is 4. The summed E-state index contributed by atoms with van der Waals surface area (Å²) < 4.78 is 1.95. The average molecular weight is 395 g/mol. The molecule has 0 radical (unpaired) electrons. The number of nitrogens with zero attached hydrogens (tertiary/aromatic N) is 4. The number of anilines is 2. The lowest BCUT2D eigenvalue weighted by Crippen LogP contribution is -2.48. The van der Waals surface area contributed by atoms with Crippen LogP contribution in [0.15, 0.2) is 24.3 Å². The zero-order valence-electron chi connectivity index (χ0n) is 18.0. The number of benzene rings is 1. The first-order valence-electron chi connectivity index (χ1n) is 10.3. The Balaban J connectivity index is 1.83. The Morgan fingerprint density at radius 3 is 2.41 bits per heavy atom. The van der Waals surface area contributed by atoms with E-state index in [1.807, 2.05) is 61.6 Å². The topological polar surface area (TPSA) is 48.8 Å². The second kappa shape index (κ2) is 7.43. The van der Waals surface area contributed by atoms with Crippen LogP contribution < -0.4 is 4.90 Å². The Labute approximate surface area is 172 Å². The van der Waals surface area contributed by atoms with Gasteiger partial charge >= 0.3 is 0 Å². The molecule has 0 bridgehead atoms. The van der Waals surface area contributed by atoms with E-state index in [4.69, 9.17) is 0 Å². The van der Waals surface area contributed by atoms with E-state index in [1.165, 1.54) is 0 Å². The number of piperazine rings is 1. The molecule has 1 saturated heterocycles. The van der Waals surface area contributed by atoms with Gasteiger partial charge in [-0.2, -0.15) is 0 Å². The van der Waals surface area contributed by atoms with Gasteiger partial charge in [-0.05, 0) is 38.1 Å². The Morgan fingerprint density at radius 2 is 1.72 bits per heavy atom. The molecule has 1 aromatic heterocycles. The standard InChI is InChI=1S/C23H30N4O2/c1-15-17(3)25(5)22-21(15)27(20(28)14-26-12-10-24(4)11-13-26)19-9-7-6-8-18(19)16(2)23(22)29/h6-9,16H,10-14H2,1-5H3. The first kappa shape index (κ1) is 19.9. The second-order valence-electron chi connectivity index (χ2n) is 8.42. The largest absolute Gasteiger partial charge is 0.344 e. The molecule has 1 atom stereocenters. The highest BCUT2D eigenvalue weighted by Gasteiger charge is 2.38. The summed E-state index contributed by atoms with van der Waals surface area (Å²) >= 11 is 0. The van der Waals surface area contributed by atoms with E-state index in [0.29, 0.717) is 12.2 Å². The smallest absolute Gasteiger partial charge is 0.245 e. The minimum absolute atomic E-state index is 0.0267. The number of Topliss-reactive ketones (excluding diaryl/α,β-unsaturated/α-hetero) is 1. The van der Waals surface area contributed by atoms with E-state index in [-0.39, 0.29) is 17.6 Å². The van der Waals surface area contributed by atoms with Crippen LogP contribution >= 0.6 is 0 Å². The van der Waals surface area contributed by atoms with Gasteiger partial charge in [-0.3, -0.25) is 19.4 Å². The fourth-order valence-corrected chi connectivity index (χ4v) is 4.53. The van der Waals surface area contributed by atoms with E-state index < -0.39 is 0 Å². The predicted octanol–water partition coefficient (Wildman–Crippen LogP) is 2.85. The Hall–Kier alpha value is -2.44. The summed E-state index contributed by atoms with van der Waals surface area (Å²) in [6, 6.07) is 7.84. The number of amides is 1. The molecule has 3 heterocycles. The van der Waals surface area contributed by atoms with Gasteiger partial charge in [0.05, 0.1) is 17.9 Å². The van der Waals surface area contributed by atoms with Crippen molar-refractivity contribution in [2.45, 2.75) is 26.7 Å². The molecule has 0 saturated carbocycles. The molecule has 1 fully saturated rings. The van der Waals surface area contributed by atoms with Crippen molar-refractivity contribution in [3.8, 4) is 0 Å². The maximum Gasteiger partial charge on any atom is 0.245 e. The van der Waals surface area contributed by atoms with Crippen LogP contribution in [0.2, 0.25) is 0 Å². The lowest BCUT2D eigenvalue weighted by atomic mass is 9.94. The number of para-hydroxylation sites is 1. The molecule has 6 nitrogen and oxygen atoms in total. The number of ketones is 1. The van der Waals surface area contributed by atoms with Crippen molar-refractivity contribution in [2.24, 2.45) is 7.05 Å². The van der Waals surface area contributed by atoms with Crippen LogP contribution in [0.3, 0.4) is 0 Å². The van der Waals surface area contributed by atoms with Crippen LogP contribution in [-0.2, 0) is 11.8 Å². The van der Waals surface area contributed by atoms with Gasteiger partial charge in [0.1, 0.15) is 5.69 Å². The van der Waals surface area contributed by atoms with Gasteiger partial charge in [-0.1, -0.05) is 25.1 Å². The molecule has 4 rings (SSSR count). The summed E-state index contributed by atoms with van der Waals surface area (Å²) in [4.78, 5) is 33.4. The van der Waals surface area contributed by atoms with Crippen molar-refractivity contribution in [2.75, 3.05) is 44.7 Å². The second-order valence-corrected chi connectivity index (χ2v) is 8.42. The Bertz CT molecular complexity index is 969. The van der Waals surface area contributed by atoms with Gasteiger partial charge < -0.3 is 9.47 Å². The van der Waals surface area contributed by atoms with Gasteiger partial charge in [0.15, 0.2) is 5.78 Å². The Morgan fingerprint density at radius 1 is 1.07 bits per heavy atom. The number of carbonyl (C=O) groups is 2. The van der Waals surface area contributed by atoms with E-state index in [9.17, 15) is 9.59 Å². The van der Waals surface area contributed by atoms with Crippen LogP contribution in [0, 0.1) is 13.8 Å². The van der Waals surface area contributed by atoms with E-state index in [1.54, 1.807) is 0 Å². The van der Waals surface area contributed by atoms with Crippen LogP contribution in [0.4, 0.5) is 11.4 Å². The summed E-state index contributed by atoms with van der Waals surface area (Å²) in [5, 5.41) is 0. The molecule has 2 aliphatic rings. The minimum atomic E-state index is -0.293. The summed E-state index contributed by atoms with van der Waals surface area (Å²) in [7, 11) is 4.03. The van der Waals surface area contributed by atoms with E-state index >= 15 is 0 Å². The highest BCUT2D eigenvalue weighted by molar-refractivity contribution is 6.14. The van der Waals surface area contributed by atoms with Crippen molar-refractivity contribution in [3.63, 3.8) is 0 Å². The highest BCUT2D eigenvalue weighted by atomic mass is 16.2. The number of hydrogen-bond donors (Lipinski definition) is 0. The van der Waals surface area contributed by atoms with Crippen LogP contribution in [0.1, 0.15) is 40.2 Å². The van der Waals surface area contributed by atoms with Gasteiger partial charge in [0, 0.05) is 44.8 Å². The third kappa shape index (κ3) is 3.20. The summed E-state index contributed by atoms with van der Waals surface area (Å²) in [5.74, 6) is -0.196. The number of rotatable bonds is 2. The molecule has 154 valence electrons. The fraction of sp³-hybridized carbons (Fsp3) is 0.478. The van der Waals surface area contributed by atoms with Crippen LogP contribution in [0.25, 0.3) is 0 Å². The number of carbonyl (C=O) groups excluding carboxylic acids is 2. The molecule has 6 heteroatoms. The molecule has 1 unspecified atom stereocenters. The summed E-state index contributed by atoms with van der Waals surface area (Å²) in [6.45, 7) is 10.0. The molecule has 0 aliphatic carbocycles. The van der Waals surface area contributed by atoms with Crippen LogP contribution in [-0.4, -0.2) is 65.8 Å². The predicted molar refractivity (Wildman–Crippen MR) is 115 cm³/mol. The van der Waals surface area contributed by atoms with Crippen LogP contribution in [0.5, 0.6) is 0 Å². The Kier molecular flexibility index (Phi) is 5.09. The summed E-state index contributed by atoms with van der Waals surface area (Å²) in [5.41, 5.74) is 5.15. The van der Waals surface area contributed by atoms with E-state index in [0.717, 1.165) is 54.4 Å². The van der Waals surface area contributed by atoms with Crippen molar-refractivity contribution in [1.82, 2.24) is 14.4 Å². The van der Waals surface area contributed by atoms with Crippen molar-refractivity contribution >= 4 is 23.1 Å². The first-order valence-corrected chi connectivity index (χ1v) is 10.3. The highest BCUT2D eigenvalue weighted by Crippen LogP contribution is 2.44. The lowest BCUT2D eigenvalue weighted by molar-refractivity contribution is -0.119. The fourth-order valence-electron chi connectivity index (χ4n) is 4.53. The average Bonchev–Trinajstić information content (AvgIpc) is 2.87. The molecule has 1 aromatic carbocycles. The van der Waals surface area contributed by atoms with Gasteiger partial charge in [-0.15, -0.1) is 0 Å². The molecular weight excluding hydrogens is 364 g/mol. The van der Waals surface area contributed by atoms with Crippen molar-refractivity contribution in [1.29, 1.82) is 0 Å². The van der Waals surface area contributed by atoms with Gasteiger partial charge in [0.2, 0.25) is 5.91 Å². The van der Waals surface area contributed by atoms with E-state index in [2.05, 4.69) is 16.8 Å². The van der Waals surface area contributed by atoms with Gasteiger partial charge in [0.25, 0.3) is 0 Å². The summed E-state index contributed by atoms with van der Waals surface area (Å²) in [6.07, 6.45) is 0. The molecule has 2 aromatic rings. The van der Waals surface area contributed by atoms with Gasteiger partial charge in [-0.25, -0.2) is 0 Å². The normalized spacial score (nSPS) is 20.4. The number of likely N-dealkylation sites (N-methyl/N-ethyl adjacent to an activating group) is 1. The monoisotopic (exact) mass is 394 g/mol. The first-order chi connectivity index (χ1) is 13.8. The molecule has 0 N–H and O–H groups in total. The number of fused-ring (bicyclic) bond motifs is 2. The minimum Gasteiger partial charge on any atom is -0.344 e. The zero-order valence-corrected chi connectivity index (χ0v) is 18.0. The maximum absolute atomic E-state index is 13.7. The molecule has 0 spiro atoms. The SMILES string of the molecule is Cc1c2c(n(C)c1C)C(=O)C(C)c1ccccc1N2C(=O)CN1CCN(C)CC1. The quantitative estimate of drug-likeness (QED) is 0.786. The molecule has 1 amide bonds. The third-order valence-electron chi connectivity index (χ3n) is 6.66. The lowest BCUT2D eigenvalue weighted by Gasteiger charge is -2.33.